The van der Waals surface area contributed by atoms with Gasteiger partial charge in [-0.3, -0.25) is 9.36 Å². The van der Waals surface area contributed by atoms with E-state index >= 15 is 0 Å². The average molecular weight is 380 g/mol. The van der Waals surface area contributed by atoms with Gasteiger partial charge in [-0.25, -0.2) is 4.79 Å². The first-order valence-corrected chi connectivity index (χ1v) is 8.46. The number of benzene rings is 2. The highest BCUT2D eigenvalue weighted by molar-refractivity contribution is 5.89. The van der Waals surface area contributed by atoms with Gasteiger partial charge in [0.15, 0.2) is 11.4 Å². The fourth-order valence-electron chi connectivity index (χ4n) is 2.72. The molecular weight excluding hydrogens is 364 g/mol. The number of ether oxygens (including phenoxy) is 1. The third-order valence-electron chi connectivity index (χ3n) is 4.15. The number of methoxy groups -OCH3 is 1. The van der Waals surface area contributed by atoms with Gasteiger partial charge in [-0.1, -0.05) is 29.4 Å². The normalized spacial score (nSPS) is 10.9. The standard InChI is InChI=1S/C19H16N4O5/c1-26-13-8-6-12(7-9-13)10-20-17(24)18-21-16(22-28-18)11-23-14-4-2-3-5-15(14)27-19(23)25/h2-9H,10-11H2,1H3,(H,20,24). The van der Waals surface area contributed by atoms with Gasteiger partial charge in [0.25, 0.3) is 0 Å². The Kier molecular flexibility index (Phi) is 4.63. The third kappa shape index (κ3) is 3.50. The van der Waals surface area contributed by atoms with Gasteiger partial charge in [0.05, 0.1) is 19.2 Å². The molecule has 1 N–H and O–H groups in total. The zero-order chi connectivity index (χ0) is 19.5. The SMILES string of the molecule is COc1ccc(CNC(=O)c2nc(Cn3c(=O)oc4ccccc43)no2)cc1. The van der Waals surface area contributed by atoms with Gasteiger partial charge in [-0.15, -0.1) is 0 Å². The fourth-order valence-corrected chi connectivity index (χ4v) is 2.72. The maximum absolute atomic E-state index is 12.2. The number of carbonyl (C=O) groups is 1. The van der Waals surface area contributed by atoms with Crippen LogP contribution in [-0.4, -0.2) is 27.7 Å². The lowest BCUT2D eigenvalue weighted by Gasteiger charge is -2.04. The molecule has 0 saturated heterocycles. The number of carbonyl (C=O) groups excluding carboxylic acids is 1. The molecule has 2 aromatic carbocycles. The van der Waals surface area contributed by atoms with Crippen molar-refractivity contribution in [3.05, 3.63) is 76.4 Å². The second kappa shape index (κ2) is 7.39. The van der Waals surface area contributed by atoms with Crippen molar-refractivity contribution in [3.63, 3.8) is 0 Å². The van der Waals surface area contributed by atoms with E-state index in [1.54, 1.807) is 43.5 Å². The molecule has 0 aliphatic rings. The second-order valence-electron chi connectivity index (χ2n) is 5.97. The molecule has 0 bridgehead atoms. The molecule has 0 atom stereocenters. The number of fused-ring (bicyclic) bond motifs is 1. The molecule has 0 saturated carbocycles. The van der Waals surface area contributed by atoms with E-state index < -0.39 is 11.7 Å². The summed E-state index contributed by atoms with van der Waals surface area (Å²) in [5.41, 5.74) is 1.97. The van der Waals surface area contributed by atoms with E-state index in [4.69, 9.17) is 13.7 Å². The number of aromatic nitrogens is 3. The minimum atomic E-state index is -0.531. The minimum absolute atomic E-state index is 0.0328. The molecule has 2 aromatic heterocycles. The van der Waals surface area contributed by atoms with Crippen LogP contribution in [0.15, 0.2) is 62.3 Å². The molecule has 4 aromatic rings. The van der Waals surface area contributed by atoms with Gasteiger partial charge in [-0.05, 0) is 29.8 Å². The number of hydrogen-bond acceptors (Lipinski definition) is 7. The van der Waals surface area contributed by atoms with Crippen LogP contribution in [0.1, 0.15) is 22.1 Å². The first-order valence-electron chi connectivity index (χ1n) is 8.46. The summed E-state index contributed by atoms with van der Waals surface area (Å²) in [5, 5.41) is 6.48. The number of nitrogens with one attached hydrogen (secondary N) is 1. The topological polar surface area (TPSA) is 112 Å². The summed E-state index contributed by atoms with van der Waals surface area (Å²) >= 11 is 0. The van der Waals surface area contributed by atoms with Crippen LogP contribution in [0, 0.1) is 0 Å². The van der Waals surface area contributed by atoms with Crippen LogP contribution >= 0.6 is 0 Å². The lowest BCUT2D eigenvalue weighted by Crippen LogP contribution is -2.23. The highest BCUT2D eigenvalue weighted by Gasteiger charge is 2.17. The first-order chi connectivity index (χ1) is 13.6. The van der Waals surface area contributed by atoms with E-state index in [-0.39, 0.29) is 18.3 Å². The number of hydrogen-bond donors (Lipinski definition) is 1. The van der Waals surface area contributed by atoms with Crippen LogP contribution in [-0.2, 0) is 13.1 Å². The van der Waals surface area contributed by atoms with Crippen molar-refractivity contribution in [3.8, 4) is 5.75 Å². The Bertz CT molecular complexity index is 1170. The summed E-state index contributed by atoms with van der Waals surface area (Å²) in [6.07, 6.45) is 0. The Morgan fingerprint density at radius 3 is 2.75 bits per heavy atom. The summed E-state index contributed by atoms with van der Waals surface area (Å²) in [7, 11) is 1.59. The molecule has 9 nitrogen and oxygen atoms in total. The van der Waals surface area contributed by atoms with E-state index in [1.165, 1.54) is 4.57 Å². The molecule has 0 spiro atoms. The van der Waals surface area contributed by atoms with Crippen molar-refractivity contribution < 1.29 is 18.5 Å². The van der Waals surface area contributed by atoms with Crippen LogP contribution in [0.4, 0.5) is 0 Å². The van der Waals surface area contributed by atoms with Crippen molar-refractivity contribution in [2.45, 2.75) is 13.1 Å². The molecular formula is C19H16N4O5. The Balaban J connectivity index is 1.44. The van der Waals surface area contributed by atoms with Crippen molar-refractivity contribution in [1.29, 1.82) is 0 Å². The molecule has 4 rings (SSSR count). The molecule has 142 valence electrons. The molecule has 0 radical (unpaired) electrons. The van der Waals surface area contributed by atoms with Gasteiger partial charge in [0.1, 0.15) is 5.75 Å². The van der Waals surface area contributed by atoms with Gasteiger partial charge in [-0.2, -0.15) is 4.98 Å². The van der Waals surface area contributed by atoms with Crippen LogP contribution in [0.25, 0.3) is 11.1 Å². The molecule has 28 heavy (non-hydrogen) atoms. The summed E-state index contributed by atoms with van der Waals surface area (Å²) in [4.78, 5) is 28.3. The quantitative estimate of drug-likeness (QED) is 0.544. The maximum Gasteiger partial charge on any atom is 0.420 e. The Morgan fingerprint density at radius 2 is 1.96 bits per heavy atom. The predicted molar refractivity (Wildman–Crippen MR) is 98.0 cm³/mol. The van der Waals surface area contributed by atoms with Gasteiger partial charge in [0, 0.05) is 6.54 Å². The van der Waals surface area contributed by atoms with E-state index in [2.05, 4.69) is 15.5 Å². The van der Waals surface area contributed by atoms with E-state index in [0.29, 0.717) is 17.6 Å². The summed E-state index contributed by atoms with van der Waals surface area (Å²) in [5.74, 6) is -0.276. The minimum Gasteiger partial charge on any atom is -0.497 e. The Hall–Kier alpha value is -3.88. The maximum atomic E-state index is 12.2. The van der Waals surface area contributed by atoms with Crippen LogP contribution in [0.2, 0.25) is 0 Å². The highest BCUT2D eigenvalue weighted by atomic mass is 16.5. The molecule has 0 aliphatic heterocycles. The second-order valence-corrected chi connectivity index (χ2v) is 5.97. The zero-order valence-corrected chi connectivity index (χ0v) is 14.9. The summed E-state index contributed by atoms with van der Waals surface area (Å²) < 4.78 is 16.6. The molecule has 1 amide bonds. The van der Waals surface area contributed by atoms with Crippen LogP contribution in [0.5, 0.6) is 5.75 Å². The largest absolute Gasteiger partial charge is 0.497 e. The lowest BCUT2D eigenvalue weighted by molar-refractivity contribution is 0.0907. The van der Waals surface area contributed by atoms with Crippen LogP contribution < -0.4 is 15.8 Å². The first kappa shape index (κ1) is 17.5. The van der Waals surface area contributed by atoms with Gasteiger partial charge < -0.3 is 19.0 Å². The highest BCUT2D eigenvalue weighted by Crippen LogP contribution is 2.13. The van der Waals surface area contributed by atoms with Crippen molar-refractivity contribution in [2.24, 2.45) is 0 Å². The van der Waals surface area contributed by atoms with Crippen LogP contribution in [0.3, 0.4) is 0 Å². The van der Waals surface area contributed by atoms with Gasteiger partial charge in [0.2, 0.25) is 0 Å². The molecule has 2 heterocycles. The number of nitrogens with zero attached hydrogens (tertiary/aromatic N) is 3. The van der Waals surface area contributed by atoms with E-state index in [9.17, 15) is 9.59 Å². The smallest absolute Gasteiger partial charge is 0.420 e. The number of amides is 1. The number of oxazole rings is 1. The third-order valence-corrected chi connectivity index (χ3v) is 4.15. The molecule has 0 aliphatic carbocycles. The lowest BCUT2D eigenvalue weighted by atomic mass is 10.2. The predicted octanol–water partition coefficient (Wildman–Crippen LogP) is 1.96. The molecule has 0 fully saturated rings. The number of rotatable bonds is 6. The van der Waals surface area contributed by atoms with E-state index in [0.717, 1.165) is 11.3 Å². The number of para-hydroxylation sites is 2. The van der Waals surface area contributed by atoms with Crippen molar-refractivity contribution in [2.75, 3.05) is 7.11 Å². The average Bonchev–Trinajstić information content (AvgIpc) is 3.32. The molecule has 9 heteroatoms. The van der Waals surface area contributed by atoms with Crippen molar-refractivity contribution in [1.82, 2.24) is 20.0 Å². The zero-order valence-electron chi connectivity index (χ0n) is 14.9. The fraction of sp³-hybridized carbons (Fsp3) is 0.158. The summed E-state index contributed by atoms with van der Waals surface area (Å²) in [6, 6.07) is 14.3. The monoisotopic (exact) mass is 380 g/mol. The Morgan fingerprint density at radius 1 is 1.18 bits per heavy atom. The van der Waals surface area contributed by atoms with Crippen molar-refractivity contribution >= 4 is 17.0 Å². The van der Waals surface area contributed by atoms with E-state index in [1.807, 2.05) is 12.1 Å². The molecule has 0 unspecified atom stereocenters. The summed E-state index contributed by atoms with van der Waals surface area (Å²) in [6.45, 7) is 0.331. The Labute approximate surface area is 158 Å². The van der Waals surface area contributed by atoms with Gasteiger partial charge >= 0.3 is 17.6 Å².